The second-order valence-electron chi connectivity index (χ2n) is 6.46. The second kappa shape index (κ2) is 13.7. The fourth-order valence-electron chi connectivity index (χ4n) is 2.07. The molecule has 3 aromatic carbocycles. The normalized spacial score (nSPS) is 9.00. The minimum Gasteiger partial charge on any atom is -0.545 e. The number of aromatic carboxylic acids is 3. The third kappa shape index (κ3) is 10.8. The second-order valence-corrected chi connectivity index (χ2v) is 6.46. The summed E-state index contributed by atoms with van der Waals surface area (Å²) < 4.78 is 0. The number of carboxylic acids is 3. The van der Waals surface area contributed by atoms with E-state index in [4.69, 9.17) is 0 Å². The Hall–Kier alpha value is -3.41. The molecule has 3 rings (SSSR count). The fourth-order valence-corrected chi connectivity index (χ4v) is 2.07. The van der Waals surface area contributed by atoms with Crippen molar-refractivity contribution in [1.29, 1.82) is 0 Å². The van der Waals surface area contributed by atoms with Crippen LogP contribution in [0.4, 0.5) is 0 Å². The molecule has 0 bridgehead atoms. The van der Waals surface area contributed by atoms with Gasteiger partial charge in [-0.05, 0) is 37.5 Å². The first-order valence-electron chi connectivity index (χ1n) is 8.94. The Balaban J connectivity index is 0.000000429. The van der Waals surface area contributed by atoms with Gasteiger partial charge in [0.05, 0.1) is 17.9 Å². The van der Waals surface area contributed by atoms with Crippen molar-refractivity contribution in [2.45, 2.75) is 20.8 Å². The summed E-state index contributed by atoms with van der Waals surface area (Å²) >= 11 is 0. The molecule has 1 radical (unpaired) electrons. The summed E-state index contributed by atoms with van der Waals surface area (Å²) in [5, 5.41) is 30.6. The summed E-state index contributed by atoms with van der Waals surface area (Å²) in [6.45, 7) is 5.71. The molecular weight excluding hydrogens is 440 g/mol. The summed E-state index contributed by atoms with van der Waals surface area (Å²) in [5.41, 5.74) is 3.82. The summed E-state index contributed by atoms with van der Waals surface area (Å²) in [6.07, 6.45) is 0. The molecule has 0 atom stereocenters. The largest absolute Gasteiger partial charge is 3.00 e. The Morgan fingerprint density at radius 3 is 0.742 bits per heavy atom. The number of hydrogen-bond donors (Lipinski definition) is 0. The average molecular weight is 461 g/mol. The molecular formula is C24H21FeO6. The number of aryl methyl sites for hydroxylation is 3. The molecule has 0 aliphatic carbocycles. The molecule has 0 heterocycles. The van der Waals surface area contributed by atoms with Crippen molar-refractivity contribution in [2.75, 3.05) is 0 Å². The topological polar surface area (TPSA) is 120 Å². The van der Waals surface area contributed by atoms with Crippen LogP contribution < -0.4 is 15.3 Å². The van der Waals surface area contributed by atoms with Gasteiger partial charge in [0.1, 0.15) is 0 Å². The maximum atomic E-state index is 10.2. The van der Waals surface area contributed by atoms with Crippen LogP contribution >= 0.6 is 0 Å². The van der Waals surface area contributed by atoms with E-state index in [0.29, 0.717) is 0 Å². The van der Waals surface area contributed by atoms with E-state index in [0.717, 1.165) is 16.7 Å². The first-order valence-corrected chi connectivity index (χ1v) is 8.94. The first kappa shape index (κ1) is 27.6. The van der Waals surface area contributed by atoms with Gasteiger partial charge in [0.25, 0.3) is 0 Å². The summed E-state index contributed by atoms with van der Waals surface area (Å²) in [6, 6.07) is 19.6. The van der Waals surface area contributed by atoms with Gasteiger partial charge in [0, 0.05) is 0 Å². The van der Waals surface area contributed by atoms with Crippen LogP contribution in [0, 0.1) is 20.8 Å². The Labute approximate surface area is 191 Å². The van der Waals surface area contributed by atoms with E-state index in [2.05, 4.69) is 0 Å². The zero-order valence-electron chi connectivity index (χ0n) is 17.2. The van der Waals surface area contributed by atoms with Crippen molar-refractivity contribution in [1.82, 2.24) is 0 Å². The number of carboxylic acid groups (broad SMARTS) is 3. The Bertz CT molecular complexity index is 846. The zero-order chi connectivity index (χ0) is 22.7. The Kier molecular flexibility index (Phi) is 12.2. The van der Waals surface area contributed by atoms with E-state index >= 15 is 0 Å². The molecule has 3 aromatic rings. The van der Waals surface area contributed by atoms with Gasteiger partial charge in [-0.25, -0.2) is 0 Å². The zero-order valence-corrected chi connectivity index (χ0v) is 18.3. The molecule has 0 amide bonds. The molecule has 0 aliphatic heterocycles. The predicted octanol–water partition coefficient (Wildman–Crippen LogP) is 1.07. The predicted molar refractivity (Wildman–Crippen MR) is 107 cm³/mol. The van der Waals surface area contributed by atoms with Gasteiger partial charge in [-0.2, -0.15) is 0 Å². The van der Waals surface area contributed by atoms with Crippen LogP contribution in [0.25, 0.3) is 0 Å². The number of carbonyl (C=O) groups is 3. The molecule has 0 aromatic heterocycles. The molecule has 6 nitrogen and oxygen atoms in total. The standard InChI is InChI=1S/3C8H8O2.Fe/c3*1-6-2-4-7(5-3-6)8(9)10;/h3*2-5H,1H3,(H,9,10);/q;;;+3/p-3. The van der Waals surface area contributed by atoms with Crippen molar-refractivity contribution >= 4 is 17.9 Å². The average Bonchev–Trinajstić information content (AvgIpc) is 2.70. The molecule has 0 aliphatic rings. The summed E-state index contributed by atoms with van der Waals surface area (Å²) in [7, 11) is 0. The van der Waals surface area contributed by atoms with Gasteiger partial charge in [-0.3, -0.25) is 0 Å². The van der Waals surface area contributed by atoms with Crippen LogP contribution in [0.3, 0.4) is 0 Å². The van der Waals surface area contributed by atoms with E-state index in [1.807, 2.05) is 20.8 Å². The van der Waals surface area contributed by atoms with Crippen LogP contribution in [0.1, 0.15) is 47.8 Å². The van der Waals surface area contributed by atoms with Crippen molar-refractivity contribution in [3.05, 3.63) is 106 Å². The number of benzene rings is 3. The van der Waals surface area contributed by atoms with Crippen LogP contribution in [-0.4, -0.2) is 17.9 Å². The van der Waals surface area contributed by atoms with E-state index in [1.165, 1.54) is 36.4 Å². The third-order valence-corrected chi connectivity index (χ3v) is 3.86. The fraction of sp³-hybridized carbons (Fsp3) is 0.125. The molecule has 161 valence electrons. The van der Waals surface area contributed by atoms with E-state index < -0.39 is 17.9 Å². The van der Waals surface area contributed by atoms with E-state index in [-0.39, 0.29) is 33.8 Å². The van der Waals surface area contributed by atoms with Crippen LogP contribution in [0.5, 0.6) is 0 Å². The van der Waals surface area contributed by atoms with Crippen LogP contribution in [0.15, 0.2) is 72.8 Å². The van der Waals surface area contributed by atoms with Gasteiger partial charge in [0.15, 0.2) is 0 Å². The quantitative estimate of drug-likeness (QED) is 0.539. The van der Waals surface area contributed by atoms with Gasteiger partial charge < -0.3 is 29.7 Å². The molecule has 0 N–H and O–H groups in total. The third-order valence-electron chi connectivity index (χ3n) is 3.86. The Morgan fingerprint density at radius 1 is 0.452 bits per heavy atom. The van der Waals surface area contributed by atoms with Crippen molar-refractivity contribution < 1.29 is 46.8 Å². The van der Waals surface area contributed by atoms with Crippen LogP contribution in [-0.2, 0) is 17.1 Å². The maximum Gasteiger partial charge on any atom is 3.00 e. The van der Waals surface area contributed by atoms with Crippen LogP contribution in [0.2, 0.25) is 0 Å². The van der Waals surface area contributed by atoms with E-state index in [9.17, 15) is 29.7 Å². The summed E-state index contributed by atoms with van der Waals surface area (Å²) in [5.74, 6) is -3.37. The number of rotatable bonds is 3. The minimum atomic E-state index is -1.12. The van der Waals surface area contributed by atoms with Gasteiger partial charge in [0.2, 0.25) is 0 Å². The molecule has 0 fully saturated rings. The Morgan fingerprint density at radius 2 is 0.613 bits per heavy atom. The molecule has 0 spiro atoms. The minimum absolute atomic E-state index is 0. The smallest absolute Gasteiger partial charge is 0.545 e. The van der Waals surface area contributed by atoms with Gasteiger partial charge in [-0.15, -0.1) is 0 Å². The summed E-state index contributed by atoms with van der Waals surface area (Å²) in [4.78, 5) is 30.6. The molecule has 0 unspecified atom stereocenters. The molecule has 7 heteroatoms. The van der Waals surface area contributed by atoms with Crippen molar-refractivity contribution in [2.24, 2.45) is 0 Å². The number of hydrogen-bond acceptors (Lipinski definition) is 6. The number of carbonyl (C=O) groups excluding carboxylic acids is 3. The molecule has 31 heavy (non-hydrogen) atoms. The van der Waals surface area contributed by atoms with Crippen molar-refractivity contribution in [3.8, 4) is 0 Å². The first-order chi connectivity index (χ1) is 14.1. The van der Waals surface area contributed by atoms with E-state index in [1.54, 1.807) is 36.4 Å². The van der Waals surface area contributed by atoms with Gasteiger partial charge >= 0.3 is 17.1 Å². The maximum absolute atomic E-state index is 10.2. The molecule has 0 saturated carbocycles. The monoisotopic (exact) mass is 461 g/mol. The molecule has 0 saturated heterocycles. The van der Waals surface area contributed by atoms with Gasteiger partial charge in [-0.1, -0.05) is 89.5 Å². The SMILES string of the molecule is Cc1ccc(C(=O)[O-])cc1.Cc1ccc(C(=O)[O-])cc1.Cc1ccc(C(=O)[O-])cc1.[Fe+3]. The van der Waals surface area contributed by atoms with Crippen molar-refractivity contribution in [3.63, 3.8) is 0 Å².